The monoisotopic (exact) mass is 454 g/mol. The van der Waals surface area contributed by atoms with Crippen LogP contribution in [-0.2, 0) is 0 Å². The van der Waals surface area contributed by atoms with Crippen molar-refractivity contribution < 1.29 is 40.6 Å². The zero-order valence-electron chi connectivity index (χ0n) is 14.9. The summed E-state index contributed by atoms with van der Waals surface area (Å²) < 4.78 is 83.2. The predicted octanol–water partition coefficient (Wildman–Crippen LogP) is 4.99. The molecule has 0 aromatic heterocycles. The highest BCUT2D eigenvalue weighted by Crippen LogP contribution is 2.27. The van der Waals surface area contributed by atoms with Crippen LogP contribution in [-0.4, -0.2) is 37.7 Å². The van der Waals surface area contributed by atoms with Crippen molar-refractivity contribution >= 4 is 23.7 Å². The summed E-state index contributed by atoms with van der Waals surface area (Å²) in [7, 11) is 0. The maximum absolute atomic E-state index is 12.4. The van der Waals surface area contributed by atoms with E-state index >= 15 is 0 Å². The molecule has 2 aromatic rings. The van der Waals surface area contributed by atoms with Crippen LogP contribution in [0, 0.1) is 0 Å². The highest BCUT2D eigenvalue weighted by Gasteiger charge is 2.30. The Kier molecular flexibility index (Phi) is 7.54. The van der Waals surface area contributed by atoms with Crippen LogP contribution < -0.4 is 14.9 Å². The Bertz CT molecular complexity index is 898. The van der Waals surface area contributed by atoms with Crippen molar-refractivity contribution in [1.29, 1.82) is 0 Å². The first-order valence-electron chi connectivity index (χ1n) is 8.05. The van der Waals surface area contributed by atoms with Crippen LogP contribution in [0.3, 0.4) is 0 Å². The van der Waals surface area contributed by atoms with Gasteiger partial charge in [0.1, 0.15) is 11.5 Å². The lowest BCUT2D eigenvalue weighted by Crippen LogP contribution is -2.23. The van der Waals surface area contributed by atoms with Gasteiger partial charge < -0.3 is 9.47 Å². The molecule has 0 bridgehead atoms. The quantitative estimate of drug-likeness (QED) is 0.364. The summed E-state index contributed by atoms with van der Waals surface area (Å²) in [5, 5.41) is 4.12. The first-order valence-corrected chi connectivity index (χ1v) is 8.43. The average Bonchev–Trinajstić information content (AvgIpc) is 2.65. The van der Waals surface area contributed by atoms with Gasteiger partial charge in [-0.3, -0.25) is 4.79 Å². The molecule has 0 unspecified atom stereocenters. The molecule has 0 saturated carbocycles. The zero-order chi connectivity index (χ0) is 22.4. The van der Waals surface area contributed by atoms with E-state index in [-0.39, 0.29) is 0 Å². The number of nitrogens with zero attached hydrogens (tertiary/aromatic N) is 1. The lowest BCUT2D eigenvalue weighted by Gasteiger charge is -2.14. The number of hydrazone groups is 1. The highest BCUT2D eigenvalue weighted by atomic mass is 35.5. The topological polar surface area (TPSA) is 59.9 Å². The number of alkyl halides is 6. The number of amides is 1. The Hall–Kier alpha value is -2.95. The Labute approximate surface area is 171 Å². The predicted molar refractivity (Wildman–Crippen MR) is 96.1 cm³/mol. The summed E-state index contributed by atoms with van der Waals surface area (Å²) in [5.41, 5.74) is 2.12. The smallest absolute Gasteiger partial charge is 0.422 e. The number of carbonyl (C=O) groups is 1. The van der Waals surface area contributed by atoms with Crippen molar-refractivity contribution in [2.45, 2.75) is 12.4 Å². The van der Waals surface area contributed by atoms with Crippen molar-refractivity contribution in [3.05, 3.63) is 58.6 Å². The molecule has 162 valence electrons. The summed E-state index contributed by atoms with van der Waals surface area (Å²) in [6, 6.07) is 8.97. The molecule has 5 nitrogen and oxygen atoms in total. The van der Waals surface area contributed by atoms with E-state index in [1.165, 1.54) is 6.21 Å². The lowest BCUT2D eigenvalue weighted by molar-refractivity contribution is -0.154. The van der Waals surface area contributed by atoms with E-state index < -0.39 is 48.5 Å². The van der Waals surface area contributed by atoms with E-state index in [0.717, 1.165) is 18.2 Å². The van der Waals surface area contributed by atoms with E-state index in [4.69, 9.17) is 11.6 Å². The van der Waals surface area contributed by atoms with Gasteiger partial charge in [0.25, 0.3) is 5.91 Å². The molecule has 1 amide bonds. The van der Waals surface area contributed by atoms with Crippen LogP contribution in [0.4, 0.5) is 26.3 Å². The van der Waals surface area contributed by atoms with Gasteiger partial charge in [-0.1, -0.05) is 23.7 Å². The highest BCUT2D eigenvalue weighted by molar-refractivity contribution is 6.30. The second-order valence-electron chi connectivity index (χ2n) is 5.72. The van der Waals surface area contributed by atoms with E-state index in [9.17, 15) is 31.1 Å². The van der Waals surface area contributed by atoms with E-state index in [2.05, 4.69) is 20.0 Å². The number of nitrogens with one attached hydrogen (secondary N) is 1. The molecular formula is C18H13ClF6N2O3. The maximum Gasteiger partial charge on any atom is 0.422 e. The first kappa shape index (κ1) is 23.3. The number of halogens is 7. The molecule has 0 fully saturated rings. The summed E-state index contributed by atoms with van der Waals surface area (Å²) in [6.45, 7) is -3.35. The third-order valence-corrected chi connectivity index (χ3v) is 3.49. The maximum atomic E-state index is 12.4. The number of rotatable bonds is 7. The molecule has 12 heteroatoms. The van der Waals surface area contributed by atoms with Crippen LogP contribution in [0.5, 0.6) is 11.5 Å². The number of carbonyl (C=O) groups excluding carboxylic acids is 1. The SMILES string of the molecule is O=C(N/N=C/c1ccc(Cl)cc1)c1cc(OCC(F)(F)F)ccc1OCC(F)(F)F. The normalized spacial score (nSPS) is 12.1. The van der Waals surface area contributed by atoms with Crippen LogP contribution in [0.1, 0.15) is 15.9 Å². The second-order valence-corrected chi connectivity index (χ2v) is 6.15. The largest absolute Gasteiger partial charge is 0.484 e. The summed E-state index contributed by atoms with van der Waals surface area (Å²) >= 11 is 5.73. The van der Waals surface area contributed by atoms with Crippen molar-refractivity contribution in [3.8, 4) is 11.5 Å². The van der Waals surface area contributed by atoms with Crippen LogP contribution >= 0.6 is 11.6 Å². The Morgan fingerprint density at radius 2 is 1.57 bits per heavy atom. The molecule has 0 saturated heterocycles. The van der Waals surface area contributed by atoms with Gasteiger partial charge in [-0.25, -0.2) is 5.43 Å². The van der Waals surface area contributed by atoms with E-state index in [0.29, 0.717) is 10.6 Å². The number of benzene rings is 2. The van der Waals surface area contributed by atoms with Gasteiger partial charge >= 0.3 is 12.4 Å². The van der Waals surface area contributed by atoms with E-state index in [1.54, 1.807) is 24.3 Å². The molecule has 0 aliphatic rings. The molecule has 0 aliphatic carbocycles. The first-order chi connectivity index (χ1) is 13.9. The summed E-state index contributed by atoms with van der Waals surface area (Å²) in [4.78, 5) is 12.3. The Morgan fingerprint density at radius 3 is 2.17 bits per heavy atom. The minimum absolute atomic E-state index is 0.390. The molecule has 2 rings (SSSR count). The fourth-order valence-corrected chi connectivity index (χ4v) is 2.13. The molecule has 0 spiro atoms. The second kappa shape index (κ2) is 9.70. The molecule has 2 aromatic carbocycles. The molecule has 0 aliphatic heterocycles. The van der Waals surface area contributed by atoms with Crippen LogP contribution in [0.25, 0.3) is 0 Å². The minimum atomic E-state index is -4.69. The van der Waals surface area contributed by atoms with Gasteiger partial charge in [-0.05, 0) is 35.9 Å². The third-order valence-electron chi connectivity index (χ3n) is 3.24. The fourth-order valence-electron chi connectivity index (χ4n) is 2.00. The van der Waals surface area contributed by atoms with E-state index in [1.807, 2.05) is 0 Å². The number of hydrogen-bond donors (Lipinski definition) is 1. The average molecular weight is 455 g/mol. The number of hydrogen-bond acceptors (Lipinski definition) is 4. The van der Waals surface area contributed by atoms with Gasteiger partial charge in [0.15, 0.2) is 13.2 Å². The summed E-state index contributed by atoms with van der Waals surface area (Å²) in [5.74, 6) is -1.92. The molecule has 0 radical (unpaired) electrons. The van der Waals surface area contributed by atoms with Crippen molar-refractivity contribution in [2.24, 2.45) is 5.10 Å². The molecule has 0 heterocycles. The third kappa shape index (κ3) is 8.19. The Balaban J connectivity index is 2.18. The molecule has 30 heavy (non-hydrogen) atoms. The number of ether oxygens (including phenoxy) is 2. The van der Waals surface area contributed by atoms with Crippen LogP contribution in [0.15, 0.2) is 47.6 Å². The molecular weight excluding hydrogens is 442 g/mol. The molecule has 1 N–H and O–H groups in total. The van der Waals surface area contributed by atoms with Gasteiger partial charge in [0.2, 0.25) is 0 Å². The Morgan fingerprint density at radius 1 is 0.967 bits per heavy atom. The van der Waals surface area contributed by atoms with Gasteiger partial charge in [0.05, 0.1) is 11.8 Å². The fraction of sp³-hybridized carbons (Fsp3) is 0.222. The van der Waals surface area contributed by atoms with Crippen molar-refractivity contribution in [2.75, 3.05) is 13.2 Å². The van der Waals surface area contributed by atoms with Crippen molar-refractivity contribution in [3.63, 3.8) is 0 Å². The van der Waals surface area contributed by atoms with Gasteiger partial charge in [-0.2, -0.15) is 31.4 Å². The van der Waals surface area contributed by atoms with Crippen molar-refractivity contribution in [1.82, 2.24) is 5.43 Å². The standard InChI is InChI=1S/C18H13ClF6N2O3/c19-12-3-1-11(2-4-12)8-26-27-16(28)14-7-13(29-9-17(20,21)22)5-6-15(14)30-10-18(23,24)25/h1-8H,9-10H2,(H,27,28)/b26-8+. The summed E-state index contributed by atoms with van der Waals surface area (Å²) in [6.07, 6.45) is -8.10. The van der Waals surface area contributed by atoms with Gasteiger partial charge in [0, 0.05) is 5.02 Å². The minimum Gasteiger partial charge on any atom is -0.484 e. The lowest BCUT2D eigenvalue weighted by atomic mass is 10.2. The molecule has 0 atom stereocenters. The van der Waals surface area contributed by atoms with Gasteiger partial charge in [-0.15, -0.1) is 0 Å². The zero-order valence-corrected chi connectivity index (χ0v) is 15.6. The van der Waals surface area contributed by atoms with Crippen LogP contribution in [0.2, 0.25) is 5.02 Å².